The summed E-state index contributed by atoms with van der Waals surface area (Å²) in [6.45, 7) is 6.41. The lowest BCUT2D eigenvalue weighted by molar-refractivity contribution is -0.144. The van der Waals surface area contributed by atoms with Crippen LogP contribution in [0, 0.1) is 13.8 Å². The van der Waals surface area contributed by atoms with Gasteiger partial charge >= 0.3 is 5.97 Å². The summed E-state index contributed by atoms with van der Waals surface area (Å²) in [5.41, 5.74) is 2.30. The average Bonchev–Trinajstić information content (AvgIpc) is 2.46. The summed E-state index contributed by atoms with van der Waals surface area (Å²) in [5.74, 6) is 0.204. The maximum Gasteiger partial charge on any atom is 0.307 e. The van der Waals surface area contributed by atoms with Crippen molar-refractivity contribution in [3.05, 3.63) is 29.3 Å². The van der Waals surface area contributed by atoms with Crippen LogP contribution < -0.4 is 4.74 Å². The largest absolute Gasteiger partial charge is 0.484 e. The highest BCUT2D eigenvalue weighted by Crippen LogP contribution is 2.16. The van der Waals surface area contributed by atoms with E-state index in [-0.39, 0.29) is 24.9 Å². The van der Waals surface area contributed by atoms with Gasteiger partial charge in [-0.15, -0.1) is 0 Å². The van der Waals surface area contributed by atoms with E-state index in [2.05, 4.69) is 0 Å². The minimum Gasteiger partial charge on any atom is -0.484 e. The van der Waals surface area contributed by atoms with E-state index in [4.69, 9.17) is 9.47 Å². The average molecular weight is 293 g/mol. The minimum atomic E-state index is -0.299. The summed E-state index contributed by atoms with van der Waals surface area (Å²) in [4.78, 5) is 24.6. The Kier molecular flexibility index (Phi) is 6.72. The van der Waals surface area contributed by atoms with Crippen LogP contribution in [0.25, 0.3) is 0 Å². The lowest BCUT2D eigenvalue weighted by Crippen LogP contribution is -2.33. The molecule has 0 saturated carbocycles. The van der Waals surface area contributed by atoms with E-state index in [1.165, 1.54) is 10.5 Å². The van der Waals surface area contributed by atoms with Crippen LogP contribution in [0.15, 0.2) is 18.2 Å². The number of esters is 1. The van der Waals surface area contributed by atoms with Gasteiger partial charge in [0, 0.05) is 13.6 Å². The summed E-state index contributed by atoms with van der Waals surface area (Å²) < 4.78 is 10.3. The Morgan fingerprint density at radius 2 is 1.90 bits per heavy atom. The van der Waals surface area contributed by atoms with Crippen molar-refractivity contribution in [3.8, 4) is 5.75 Å². The predicted octanol–water partition coefficient (Wildman–Crippen LogP) is 2.09. The molecule has 0 radical (unpaired) electrons. The van der Waals surface area contributed by atoms with E-state index in [0.717, 1.165) is 5.56 Å². The maximum atomic E-state index is 11.9. The molecule has 0 bridgehead atoms. The number of nitrogens with zero attached hydrogens (tertiary/aromatic N) is 1. The van der Waals surface area contributed by atoms with E-state index < -0.39 is 0 Å². The second kappa shape index (κ2) is 8.29. The Labute approximate surface area is 125 Å². The molecule has 1 aromatic rings. The van der Waals surface area contributed by atoms with E-state index in [1.807, 2.05) is 32.0 Å². The summed E-state index contributed by atoms with van der Waals surface area (Å²) in [6, 6.07) is 5.70. The van der Waals surface area contributed by atoms with Gasteiger partial charge in [0.1, 0.15) is 5.75 Å². The molecule has 0 unspecified atom stereocenters. The van der Waals surface area contributed by atoms with E-state index >= 15 is 0 Å². The molecular formula is C16H23NO4. The Morgan fingerprint density at radius 1 is 1.19 bits per heavy atom. The number of likely N-dealkylation sites (N-methyl/N-ethyl adjacent to an activating group) is 1. The van der Waals surface area contributed by atoms with Gasteiger partial charge in [-0.05, 0) is 44.0 Å². The molecule has 21 heavy (non-hydrogen) atoms. The maximum absolute atomic E-state index is 11.9. The number of ether oxygens (including phenoxy) is 2. The normalized spacial score (nSPS) is 10.1. The summed E-state index contributed by atoms with van der Waals surface area (Å²) in [7, 11) is 1.64. The molecule has 116 valence electrons. The second-order valence-electron chi connectivity index (χ2n) is 4.91. The van der Waals surface area contributed by atoms with Crippen LogP contribution in [-0.4, -0.2) is 43.6 Å². The van der Waals surface area contributed by atoms with Crippen molar-refractivity contribution in [2.75, 3.05) is 26.8 Å². The van der Waals surface area contributed by atoms with Crippen molar-refractivity contribution in [2.45, 2.75) is 27.2 Å². The van der Waals surface area contributed by atoms with Crippen molar-refractivity contribution in [3.63, 3.8) is 0 Å². The highest BCUT2D eigenvalue weighted by Gasteiger charge is 2.12. The fraction of sp³-hybridized carbons (Fsp3) is 0.500. The molecule has 1 rings (SSSR count). The molecule has 1 amide bonds. The quantitative estimate of drug-likeness (QED) is 0.722. The lowest BCUT2D eigenvalue weighted by Gasteiger charge is -2.17. The van der Waals surface area contributed by atoms with E-state index in [0.29, 0.717) is 18.9 Å². The molecule has 5 nitrogen and oxygen atoms in total. The van der Waals surface area contributed by atoms with Crippen LogP contribution in [0.1, 0.15) is 24.5 Å². The van der Waals surface area contributed by atoms with Crippen molar-refractivity contribution < 1.29 is 19.1 Å². The molecule has 0 saturated heterocycles. The molecule has 0 atom stereocenters. The summed E-state index contributed by atoms with van der Waals surface area (Å²) in [6.07, 6.45) is 0.194. The zero-order valence-electron chi connectivity index (χ0n) is 13.1. The number of aryl methyl sites for hydroxylation is 2. The molecule has 0 spiro atoms. The molecule has 5 heteroatoms. The van der Waals surface area contributed by atoms with Crippen molar-refractivity contribution in [1.82, 2.24) is 4.90 Å². The fourth-order valence-electron chi connectivity index (χ4n) is 1.68. The first-order chi connectivity index (χ1) is 9.93. The molecule has 0 fully saturated rings. The molecule has 0 aliphatic carbocycles. The number of carbonyl (C=O) groups is 2. The molecule has 0 N–H and O–H groups in total. The Bertz CT molecular complexity index is 499. The van der Waals surface area contributed by atoms with Crippen LogP contribution in [-0.2, 0) is 14.3 Å². The lowest BCUT2D eigenvalue weighted by atomic mass is 10.1. The van der Waals surface area contributed by atoms with Crippen LogP contribution in [0.4, 0.5) is 0 Å². The van der Waals surface area contributed by atoms with Gasteiger partial charge in [-0.25, -0.2) is 0 Å². The first-order valence-corrected chi connectivity index (χ1v) is 7.03. The van der Waals surface area contributed by atoms with Crippen LogP contribution >= 0.6 is 0 Å². The number of amides is 1. The molecule has 1 aromatic carbocycles. The minimum absolute atomic E-state index is 0.0399. The summed E-state index contributed by atoms with van der Waals surface area (Å²) >= 11 is 0. The van der Waals surface area contributed by atoms with Gasteiger partial charge in [0.15, 0.2) is 6.61 Å². The first-order valence-electron chi connectivity index (χ1n) is 7.03. The van der Waals surface area contributed by atoms with Crippen molar-refractivity contribution in [1.29, 1.82) is 0 Å². The van der Waals surface area contributed by atoms with Gasteiger partial charge in [0.05, 0.1) is 13.0 Å². The van der Waals surface area contributed by atoms with Crippen LogP contribution in [0.5, 0.6) is 5.75 Å². The van der Waals surface area contributed by atoms with Crippen LogP contribution in [0.2, 0.25) is 0 Å². The van der Waals surface area contributed by atoms with Crippen molar-refractivity contribution in [2.24, 2.45) is 0 Å². The number of hydrogen-bond donors (Lipinski definition) is 0. The van der Waals surface area contributed by atoms with Gasteiger partial charge in [0.25, 0.3) is 5.91 Å². The second-order valence-corrected chi connectivity index (χ2v) is 4.91. The predicted molar refractivity (Wildman–Crippen MR) is 80.3 cm³/mol. The zero-order valence-corrected chi connectivity index (χ0v) is 13.1. The Morgan fingerprint density at radius 3 is 2.52 bits per heavy atom. The number of carbonyl (C=O) groups excluding carboxylic acids is 2. The third kappa shape index (κ3) is 5.85. The first kappa shape index (κ1) is 17.0. The van der Waals surface area contributed by atoms with Gasteiger partial charge in [-0.3, -0.25) is 9.59 Å². The summed E-state index contributed by atoms with van der Waals surface area (Å²) in [5, 5.41) is 0. The van der Waals surface area contributed by atoms with Gasteiger partial charge in [0.2, 0.25) is 0 Å². The number of benzene rings is 1. The smallest absolute Gasteiger partial charge is 0.307 e. The highest BCUT2D eigenvalue weighted by atomic mass is 16.5. The third-order valence-electron chi connectivity index (χ3n) is 3.22. The Balaban J connectivity index is 2.38. The fourth-order valence-corrected chi connectivity index (χ4v) is 1.68. The highest BCUT2D eigenvalue weighted by molar-refractivity contribution is 5.78. The molecule has 0 aliphatic heterocycles. The van der Waals surface area contributed by atoms with Crippen LogP contribution in [0.3, 0.4) is 0 Å². The topological polar surface area (TPSA) is 55.8 Å². The SMILES string of the molecule is CCOC(=O)CCN(C)C(=O)COc1ccc(C)c(C)c1. The molecule has 0 heterocycles. The number of rotatable bonds is 7. The van der Waals surface area contributed by atoms with Gasteiger partial charge in [-0.2, -0.15) is 0 Å². The third-order valence-corrected chi connectivity index (χ3v) is 3.22. The molecule has 0 aliphatic rings. The van der Waals surface area contributed by atoms with E-state index in [9.17, 15) is 9.59 Å². The zero-order chi connectivity index (χ0) is 15.8. The van der Waals surface area contributed by atoms with E-state index in [1.54, 1.807) is 14.0 Å². The molecule has 0 aromatic heterocycles. The van der Waals surface area contributed by atoms with Gasteiger partial charge in [-0.1, -0.05) is 6.07 Å². The number of hydrogen-bond acceptors (Lipinski definition) is 4. The van der Waals surface area contributed by atoms with Crippen molar-refractivity contribution >= 4 is 11.9 Å². The Hall–Kier alpha value is -2.04. The molecular weight excluding hydrogens is 270 g/mol. The monoisotopic (exact) mass is 293 g/mol. The van der Waals surface area contributed by atoms with Gasteiger partial charge < -0.3 is 14.4 Å². The standard InChI is InChI=1S/C16H23NO4/c1-5-20-16(19)8-9-17(4)15(18)11-21-14-7-6-12(2)13(3)10-14/h6-7,10H,5,8-9,11H2,1-4H3.